The van der Waals surface area contributed by atoms with Gasteiger partial charge in [-0.2, -0.15) is 0 Å². The lowest BCUT2D eigenvalue weighted by atomic mass is 9.82. The molecule has 0 spiro atoms. The molecule has 2 nitrogen and oxygen atoms in total. The van der Waals surface area contributed by atoms with Gasteiger partial charge in [0, 0.05) is 53.1 Å². The Morgan fingerprint density at radius 3 is 2.13 bits per heavy atom. The second-order valence-electron chi connectivity index (χ2n) is 12.9. The zero-order valence-corrected chi connectivity index (χ0v) is 26.4. The van der Waals surface area contributed by atoms with Crippen LogP contribution in [0.1, 0.15) is 25.0 Å². The maximum atomic E-state index is 6.30. The molecule has 0 N–H and O–H groups in total. The highest BCUT2D eigenvalue weighted by molar-refractivity contribution is 7.25. The van der Waals surface area contributed by atoms with E-state index in [1.165, 1.54) is 58.6 Å². The Morgan fingerprint density at radius 1 is 0.500 bits per heavy atom. The van der Waals surface area contributed by atoms with Crippen molar-refractivity contribution >= 4 is 81.3 Å². The lowest BCUT2D eigenvalue weighted by molar-refractivity contribution is 0.660. The maximum absolute atomic E-state index is 6.30. The molecular weight excluding hydrogens is 579 g/mol. The Kier molecular flexibility index (Phi) is 5.25. The molecule has 2 aromatic heterocycles. The molecule has 46 heavy (non-hydrogen) atoms. The number of thiophene rings is 1. The molecule has 10 rings (SSSR count). The van der Waals surface area contributed by atoms with Crippen LogP contribution in [0, 0.1) is 0 Å². The Morgan fingerprint density at radius 2 is 1.20 bits per heavy atom. The fraction of sp³-hybridized carbons (Fsp3) is 0.0698. The number of anilines is 3. The lowest BCUT2D eigenvalue weighted by Crippen LogP contribution is -2.15. The SMILES string of the molecule is CC1(C)c2ccccc2-c2cc(N(c3ccc4c(c3)sc3ccccc34)c3cccc4c3ccc3oc5ccccc5c34)ccc21. The summed E-state index contributed by atoms with van der Waals surface area (Å²) in [5, 5.41) is 7.32. The van der Waals surface area contributed by atoms with Crippen molar-refractivity contribution in [2.45, 2.75) is 19.3 Å². The van der Waals surface area contributed by atoms with Crippen molar-refractivity contribution in [3.05, 3.63) is 151 Å². The van der Waals surface area contributed by atoms with E-state index >= 15 is 0 Å². The van der Waals surface area contributed by atoms with Gasteiger partial charge >= 0.3 is 0 Å². The van der Waals surface area contributed by atoms with E-state index in [1.807, 2.05) is 17.4 Å². The summed E-state index contributed by atoms with van der Waals surface area (Å²) in [6.07, 6.45) is 0. The molecule has 0 radical (unpaired) electrons. The van der Waals surface area contributed by atoms with Crippen molar-refractivity contribution in [2.24, 2.45) is 0 Å². The Labute approximate surface area is 270 Å². The largest absolute Gasteiger partial charge is 0.456 e. The van der Waals surface area contributed by atoms with Gasteiger partial charge in [0.2, 0.25) is 0 Å². The average molecular weight is 608 g/mol. The standard InChI is InChI=1S/C43H29NOS/c1-43(2)35-14-6-3-10-28(35)34-24-26(19-22-36(34)43)44(27-18-20-31-30-11-5-8-17-40(30)46-41(31)25-27)37-15-9-13-32-29(37)21-23-39-42(32)33-12-4-7-16-38(33)45-39/h3-25H,1-2H3. The smallest absolute Gasteiger partial charge is 0.136 e. The number of rotatable bonds is 3. The van der Waals surface area contributed by atoms with Gasteiger partial charge in [-0.15, -0.1) is 11.3 Å². The zero-order valence-electron chi connectivity index (χ0n) is 25.5. The fourth-order valence-electron chi connectivity index (χ4n) is 7.89. The molecule has 0 saturated heterocycles. The molecule has 9 aromatic rings. The molecule has 3 heteroatoms. The number of benzene rings is 7. The summed E-state index contributed by atoms with van der Waals surface area (Å²) in [6.45, 7) is 4.69. The lowest BCUT2D eigenvalue weighted by Gasteiger charge is -2.28. The molecule has 0 unspecified atom stereocenters. The predicted octanol–water partition coefficient (Wildman–Crippen LogP) is 12.9. The average Bonchev–Trinajstić information content (AvgIpc) is 3.73. The number of furan rings is 1. The quantitative estimate of drug-likeness (QED) is 0.199. The first-order valence-electron chi connectivity index (χ1n) is 15.9. The van der Waals surface area contributed by atoms with E-state index in [9.17, 15) is 0 Å². The molecular formula is C43H29NOS. The normalized spacial score (nSPS) is 13.6. The van der Waals surface area contributed by atoms with Crippen LogP contribution in [0.2, 0.25) is 0 Å². The second kappa shape index (κ2) is 9.32. The Hall–Kier alpha value is -5.38. The van der Waals surface area contributed by atoms with Gasteiger partial charge in [-0.1, -0.05) is 98.8 Å². The van der Waals surface area contributed by atoms with E-state index in [4.69, 9.17) is 4.42 Å². The number of nitrogens with zero attached hydrogens (tertiary/aromatic N) is 1. The number of fused-ring (bicyclic) bond motifs is 11. The first-order valence-corrected chi connectivity index (χ1v) is 16.7. The summed E-state index contributed by atoms with van der Waals surface area (Å²) < 4.78 is 8.91. The first kappa shape index (κ1) is 25.9. The van der Waals surface area contributed by atoms with E-state index in [2.05, 4.69) is 152 Å². The van der Waals surface area contributed by atoms with Crippen LogP contribution in [0.3, 0.4) is 0 Å². The van der Waals surface area contributed by atoms with E-state index in [1.54, 1.807) is 0 Å². The summed E-state index contributed by atoms with van der Waals surface area (Å²) >= 11 is 1.86. The van der Waals surface area contributed by atoms with Crippen LogP contribution in [0.5, 0.6) is 0 Å². The van der Waals surface area contributed by atoms with Gasteiger partial charge in [0.05, 0.1) is 5.69 Å². The summed E-state index contributed by atoms with van der Waals surface area (Å²) in [4.78, 5) is 2.45. The van der Waals surface area contributed by atoms with E-state index in [0.29, 0.717) is 0 Å². The summed E-state index contributed by atoms with van der Waals surface area (Å²) in [7, 11) is 0. The van der Waals surface area contributed by atoms with E-state index < -0.39 is 0 Å². The third kappa shape index (κ3) is 3.52. The van der Waals surface area contributed by atoms with E-state index in [0.717, 1.165) is 33.6 Å². The maximum Gasteiger partial charge on any atom is 0.136 e. The number of hydrogen-bond acceptors (Lipinski definition) is 3. The van der Waals surface area contributed by atoms with Crippen molar-refractivity contribution in [2.75, 3.05) is 4.90 Å². The molecule has 0 aliphatic heterocycles. The van der Waals surface area contributed by atoms with Crippen LogP contribution in [0.4, 0.5) is 17.1 Å². The van der Waals surface area contributed by atoms with Crippen LogP contribution >= 0.6 is 11.3 Å². The van der Waals surface area contributed by atoms with Crippen molar-refractivity contribution in [1.82, 2.24) is 0 Å². The van der Waals surface area contributed by atoms with E-state index in [-0.39, 0.29) is 5.41 Å². The predicted molar refractivity (Wildman–Crippen MR) is 196 cm³/mol. The third-order valence-electron chi connectivity index (χ3n) is 10.1. The highest BCUT2D eigenvalue weighted by Crippen LogP contribution is 2.51. The highest BCUT2D eigenvalue weighted by Gasteiger charge is 2.35. The van der Waals surface area contributed by atoms with Crippen molar-refractivity contribution in [1.29, 1.82) is 0 Å². The second-order valence-corrected chi connectivity index (χ2v) is 14.0. The van der Waals surface area contributed by atoms with Crippen LogP contribution in [0.25, 0.3) is 64.0 Å². The van der Waals surface area contributed by atoms with Crippen LogP contribution in [-0.2, 0) is 5.41 Å². The molecule has 0 atom stereocenters. The molecule has 7 aromatic carbocycles. The minimum absolute atomic E-state index is 0.0430. The molecule has 1 aliphatic carbocycles. The molecule has 0 amide bonds. The van der Waals surface area contributed by atoms with Crippen molar-refractivity contribution in [3.63, 3.8) is 0 Å². The third-order valence-corrected chi connectivity index (χ3v) is 11.2. The minimum atomic E-state index is -0.0430. The van der Waals surface area contributed by atoms with Gasteiger partial charge in [0.25, 0.3) is 0 Å². The Bertz CT molecular complexity index is 2690. The van der Waals surface area contributed by atoms with Crippen molar-refractivity contribution in [3.8, 4) is 11.1 Å². The van der Waals surface area contributed by atoms with Crippen LogP contribution < -0.4 is 4.90 Å². The molecule has 2 heterocycles. The van der Waals surface area contributed by atoms with Crippen LogP contribution in [-0.4, -0.2) is 0 Å². The molecule has 218 valence electrons. The topological polar surface area (TPSA) is 16.4 Å². The summed E-state index contributed by atoms with van der Waals surface area (Å²) in [5.41, 5.74) is 10.6. The molecule has 0 saturated carbocycles. The number of para-hydroxylation sites is 1. The van der Waals surface area contributed by atoms with Gasteiger partial charge in [0.1, 0.15) is 11.2 Å². The summed E-state index contributed by atoms with van der Waals surface area (Å²) in [6, 6.07) is 51.0. The number of hydrogen-bond donors (Lipinski definition) is 0. The molecule has 1 aliphatic rings. The molecule has 0 fully saturated rings. The van der Waals surface area contributed by atoms with Crippen LogP contribution in [0.15, 0.2) is 144 Å². The van der Waals surface area contributed by atoms with Gasteiger partial charge in [-0.05, 0) is 82.2 Å². The van der Waals surface area contributed by atoms with Gasteiger partial charge < -0.3 is 9.32 Å². The first-order chi connectivity index (χ1) is 22.6. The summed E-state index contributed by atoms with van der Waals surface area (Å²) in [5.74, 6) is 0. The van der Waals surface area contributed by atoms with Crippen molar-refractivity contribution < 1.29 is 4.42 Å². The van der Waals surface area contributed by atoms with Gasteiger partial charge in [-0.25, -0.2) is 0 Å². The van der Waals surface area contributed by atoms with Gasteiger partial charge in [0.15, 0.2) is 0 Å². The highest BCUT2D eigenvalue weighted by atomic mass is 32.1. The monoisotopic (exact) mass is 607 g/mol. The zero-order chi connectivity index (χ0) is 30.6. The molecule has 0 bridgehead atoms. The Balaban J connectivity index is 1.26. The van der Waals surface area contributed by atoms with Gasteiger partial charge in [-0.3, -0.25) is 0 Å². The minimum Gasteiger partial charge on any atom is -0.456 e. The fourth-order valence-corrected chi connectivity index (χ4v) is 9.03.